The Hall–Kier alpha value is -2.51. The molecule has 1 fully saturated rings. The molecule has 8 heteroatoms. The van der Waals surface area contributed by atoms with Gasteiger partial charge in [0.2, 0.25) is 0 Å². The number of nitrogens with zero attached hydrogens (tertiary/aromatic N) is 7. The van der Waals surface area contributed by atoms with Crippen LogP contribution in [-0.2, 0) is 0 Å². The molecule has 108 valence electrons. The van der Waals surface area contributed by atoms with Crippen molar-refractivity contribution in [1.29, 1.82) is 0 Å². The molecule has 0 spiro atoms. The van der Waals surface area contributed by atoms with E-state index in [2.05, 4.69) is 49.6 Å². The van der Waals surface area contributed by atoms with E-state index >= 15 is 0 Å². The second-order valence-corrected chi connectivity index (χ2v) is 5.56. The van der Waals surface area contributed by atoms with Gasteiger partial charge in [0, 0.05) is 11.8 Å². The van der Waals surface area contributed by atoms with Gasteiger partial charge < -0.3 is 5.32 Å². The molecule has 0 aromatic carbocycles. The molecule has 1 N–H and O–H groups in total. The number of hydrogen-bond donors (Lipinski definition) is 1. The van der Waals surface area contributed by atoms with Crippen molar-refractivity contribution in [2.45, 2.75) is 32.7 Å². The number of aromatic nitrogens is 7. The first-order valence-electron chi connectivity index (χ1n) is 7.09. The van der Waals surface area contributed by atoms with Crippen LogP contribution >= 0.6 is 0 Å². The average molecular weight is 284 g/mol. The van der Waals surface area contributed by atoms with Gasteiger partial charge in [0.1, 0.15) is 0 Å². The van der Waals surface area contributed by atoms with Gasteiger partial charge in [-0.2, -0.15) is 5.10 Å². The smallest absolute Gasteiger partial charge is 0.200 e. The Labute approximate surface area is 121 Å². The molecule has 21 heavy (non-hydrogen) atoms. The zero-order chi connectivity index (χ0) is 14.4. The maximum Gasteiger partial charge on any atom is 0.200 e. The Morgan fingerprint density at radius 1 is 1.24 bits per heavy atom. The molecule has 1 aliphatic carbocycles. The molecule has 0 amide bonds. The quantitative estimate of drug-likeness (QED) is 0.785. The van der Waals surface area contributed by atoms with Gasteiger partial charge in [-0.15, -0.1) is 14.8 Å². The monoisotopic (exact) mass is 284 g/mol. The molecular weight excluding hydrogens is 268 g/mol. The van der Waals surface area contributed by atoms with Gasteiger partial charge in [0.15, 0.2) is 17.3 Å². The summed E-state index contributed by atoms with van der Waals surface area (Å²) in [5, 5.41) is 23.3. The number of aryl methyl sites for hydroxylation is 1. The minimum atomic E-state index is 0.454. The highest BCUT2D eigenvalue weighted by atomic mass is 15.6. The Kier molecular flexibility index (Phi) is 2.63. The van der Waals surface area contributed by atoms with Gasteiger partial charge >= 0.3 is 0 Å². The summed E-state index contributed by atoms with van der Waals surface area (Å²) in [7, 11) is 0. The first kappa shape index (κ1) is 12.2. The lowest BCUT2D eigenvalue weighted by molar-refractivity contribution is 0.432. The highest BCUT2D eigenvalue weighted by Gasteiger charge is 2.30. The minimum absolute atomic E-state index is 0.454. The van der Waals surface area contributed by atoms with Crippen LogP contribution in [0.2, 0.25) is 0 Å². The zero-order valence-corrected chi connectivity index (χ0v) is 11.9. The summed E-state index contributed by atoms with van der Waals surface area (Å²) in [5.74, 6) is 2.23. The van der Waals surface area contributed by atoms with Crippen molar-refractivity contribution in [3.05, 3.63) is 23.9 Å². The molecular formula is C13H16N8. The maximum absolute atomic E-state index is 4.64. The lowest BCUT2D eigenvalue weighted by atomic mass is 10.2. The van der Waals surface area contributed by atoms with Crippen LogP contribution in [0.15, 0.2) is 18.2 Å². The van der Waals surface area contributed by atoms with E-state index < -0.39 is 0 Å². The van der Waals surface area contributed by atoms with Crippen molar-refractivity contribution in [2.24, 2.45) is 5.92 Å². The van der Waals surface area contributed by atoms with E-state index in [0.29, 0.717) is 17.5 Å². The van der Waals surface area contributed by atoms with E-state index in [1.807, 2.05) is 18.2 Å². The Morgan fingerprint density at radius 2 is 2.10 bits per heavy atom. The average Bonchev–Trinajstić information content (AvgIpc) is 3.11. The molecule has 1 aliphatic rings. The van der Waals surface area contributed by atoms with E-state index in [1.54, 1.807) is 0 Å². The van der Waals surface area contributed by atoms with Crippen LogP contribution in [-0.4, -0.2) is 35.0 Å². The van der Waals surface area contributed by atoms with Crippen molar-refractivity contribution in [3.8, 4) is 0 Å². The molecule has 3 heterocycles. The fourth-order valence-corrected chi connectivity index (χ4v) is 2.59. The molecule has 4 rings (SSSR count). The number of hydrogen-bond acceptors (Lipinski definition) is 6. The van der Waals surface area contributed by atoms with Gasteiger partial charge in [0.25, 0.3) is 0 Å². The molecule has 1 unspecified atom stereocenters. The van der Waals surface area contributed by atoms with Gasteiger partial charge in [-0.25, -0.2) is 0 Å². The third-order valence-electron chi connectivity index (χ3n) is 3.94. The third kappa shape index (κ3) is 2.22. The summed E-state index contributed by atoms with van der Waals surface area (Å²) >= 11 is 0. The second-order valence-electron chi connectivity index (χ2n) is 5.56. The third-order valence-corrected chi connectivity index (χ3v) is 3.94. The number of anilines is 2. The Balaban J connectivity index is 1.60. The van der Waals surface area contributed by atoms with Crippen LogP contribution < -0.4 is 5.32 Å². The molecule has 0 saturated heterocycles. The SMILES string of the molecule is Cc1cc(Nc2ccc3nnnn3n2)nn1C(C)C1CC1. The van der Waals surface area contributed by atoms with E-state index in [-0.39, 0.29) is 0 Å². The molecule has 3 aromatic heterocycles. The van der Waals surface area contributed by atoms with Crippen LogP contribution in [0, 0.1) is 12.8 Å². The molecule has 8 nitrogen and oxygen atoms in total. The van der Waals surface area contributed by atoms with E-state index in [0.717, 1.165) is 17.4 Å². The molecule has 0 bridgehead atoms. The van der Waals surface area contributed by atoms with Gasteiger partial charge in [-0.1, -0.05) is 0 Å². The lowest BCUT2D eigenvalue weighted by Crippen LogP contribution is -2.10. The summed E-state index contributed by atoms with van der Waals surface area (Å²) in [6, 6.07) is 6.14. The van der Waals surface area contributed by atoms with E-state index in [9.17, 15) is 0 Å². The summed E-state index contributed by atoms with van der Waals surface area (Å²) < 4.78 is 3.48. The minimum Gasteiger partial charge on any atom is -0.322 e. The second kappa shape index (κ2) is 4.51. The first-order chi connectivity index (χ1) is 10.2. The predicted molar refractivity (Wildman–Crippen MR) is 76.3 cm³/mol. The summed E-state index contributed by atoms with van der Waals surface area (Å²) in [5.41, 5.74) is 1.77. The Morgan fingerprint density at radius 3 is 2.90 bits per heavy atom. The van der Waals surface area contributed by atoms with Crippen LogP contribution in [0.4, 0.5) is 11.6 Å². The number of rotatable bonds is 4. The van der Waals surface area contributed by atoms with Crippen LogP contribution in [0.3, 0.4) is 0 Å². The lowest BCUT2D eigenvalue weighted by Gasteiger charge is -2.12. The largest absolute Gasteiger partial charge is 0.322 e. The molecule has 1 saturated carbocycles. The van der Waals surface area contributed by atoms with Crippen molar-refractivity contribution in [2.75, 3.05) is 5.32 Å². The molecule has 1 atom stereocenters. The molecule has 0 radical (unpaired) electrons. The zero-order valence-electron chi connectivity index (χ0n) is 11.9. The number of nitrogens with one attached hydrogen (secondary N) is 1. The number of tetrazole rings is 1. The van der Waals surface area contributed by atoms with Crippen molar-refractivity contribution >= 4 is 17.3 Å². The summed E-state index contributed by atoms with van der Waals surface area (Å²) in [6.07, 6.45) is 2.61. The standard InChI is InChI=1S/C13H16N8/c1-8-7-12(16-20(8)9(2)10-3-4-10)14-11-5-6-13-15-18-19-21(13)17-11/h5-7,9-10H,3-4H2,1-2H3,(H,14,16,17). The van der Waals surface area contributed by atoms with Gasteiger partial charge in [-0.3, -0.25) is 4.68 Å². The van der Waals surface area contributed by atoms with Gasteiger partial charge in [0.05, 0.1) is 6.04 Å². The molecule has 3 aromatic rings. The van der Waals surface area contributed by atoms with Crippen LogP contribution in [0.1, 0.15) is 31.5 Å². The fraction of sp³-hybridized carbons (Fsp3) is 0.462. The first-order valence-corrected chi connectivity index (χ1v) is 7.09. The highest BCUT2D eigenvalue weighted by Crippen LogP contribution is 2.39. The highest BCUT2D eigenvalue weighted by molar-refractivity contribution is 5.53. The van der Waals surface area contributed by atoms with Gasteiger partial charge in [-0.05, 0) is 55.2 Å². The predicted octanol–water partition coefficient (Wildman–Crippen LogP) is 1.74. The van der Waals surface area contributed by atoms with Crippen LogP contribution in [0.5, 0.6) is 0 Å². The Bertz CT molecular complexity index is 784. The maximum atomic E-state index is 4.64. The normalized spacial score (nSPS) is 16.3. The molecule has 0 aliphatic heterocycles. The van der Waals surface area contributed by atoms with Crippen molar-refractivity contribution in [1.82, 2.24) is 35.0 Å². The summed E-state index contributed by atoms with van der Waals surface area (Å²) in [6.45, 7) is 4.31. The summed E-state index contributed by atoms with van der Waals surface area (Å²) in [4.78, 5) is 0. The number of fused-ring (bicyclic) bond motifs is 1. The fourth-order valence-electron chi connectivity index (χ4n) is 2.59. The van der Waals surface area contributed by atoms with Crippen molar-refractivity contribution in [3.63, 3.8) is 0 Å². The topological polar surface area (TPSA) is 85.8 Å². The van der Waals surface area contributed by atoms with Crippen molar-refractivity contribution < 1.29 is 0 Å². The van der Waals surface area contributed by atoms with E-state index in [1.165, 1.54) is 17.5 Å². The van der Waals surface area contributed by atoms with Crippen LogP contribution in [0.25, 0.3) is 5.65 Å². The van der Waals surface area contributed by atoms with E-state index in [4.69, 9.17) is 0 Å².